The number of hydrogen-bond acceptors (Lipinski definition) is 6. The molecule has 2 aliphatic rings. The number of likely N-dealkylation sites (tertiary alicyclic amines) is 1. The number of rotatable bonds is 9. The molecule has 1 heterocycles. The number of carbonyl (C=O) groups excluding carboxylic acids is 3. The number of hydrogen-bond donors (Lipinski definition) is 3. The molecule has 48 heavy (non-hydrogen) atoms. The Labute approximate surface area is 281 Å². The van der Waals surface area contributed by atoms with Crippen LogP contribution in [0.2, 0.25) is 0 Å². The van der Waals surface area contributed by atoms with Gasteiger partial charge in [0, 0.05) is 51.5 Å². The van der Waals surface area contributed by atoms with Crippen molar-refractivity contribution in [2.45, 2.75) is 43.6 Å². The van der Waals surface area contributed by atoms with Gasteiger partial charge in [0.1, 0.15) is 17.7 Å². The normalized spacial score (nSPS) is 16.2. The molecule has 10 nitrogen and oxygen atoms in total. The van der Waals surface area contributed by atoms with Gasteiger partial charge in [-0.3, -0.25) is 19.8 Å². The Balaban J connectivity index is 1.61. The number of benzene rings is 3. The van der Waals surface area contributed by atoms with E-state index in [0.717, 1.165) is 28.7 Å². The van der Waals surface area contributed by atoms with Crippen LogP contribution >= 0.6 is 0 Å². The van der Waals surface area contributed by atoms with Crippen molar-refractivity contribution in [3.8, 4) is 6.07 Å². The number of fused-ring (bicyclic) bond motifs is 2. The van der Waals surface area contributed by atoms with Crippen LogP contribution in [0.1, 0.15) is 62.2 Å². The number of carbonyl (C=O) groups is 3. The minimum absolute atomic E-state index is 0.0409. The van der Waals surface area contributed by atoms with Crippen LogP contribution in [0.3, 0.4) is 0 Å². The first-order chi connectivity index (χ1) is 23.0. The molecule has 1 aliphatic heterocycles. The number of halogens is 1. The van der Waals surface area contributed by atoms with Gasteiger partial charge < -0.3 is 25.3 Å². The van der Waals surface area contributed by atoms with Crippen molar-refractivity contribution >= 4 is 29.2 Å². The highest BCUT2D eigenvalue weighted by atomic mass is 19.1. The minimum atomic E-state index is -1.10. The minimum Gasteiger partial charge on any atom is -0.345 e. The SMILES string of the molecule is CN(C)C(=O)c1ccc2c(c1)CCc1cc(C(=O)N(C)C)ccc1C2(CCNCC(=O)N1CCC[C@H]1C#N)C(=N)Nc1ccc(F)cc1. The molecule has 11 heteroatoms. The Morgan fingerprint density at radius 3 is 2.02 bits per heavy atom. The summed E-state index contributed by atoms with van der Waals surface area (Å²) in [6, 6.07) is 18.8. The quantitative estimate of drug-likeness (QED) is 0.181. The zero-order valence-corrected chi connectivity index (χ0v) is 27.9. The van der Waals surface area contributed by atoms with Crippen molar-refractivity contribution < 1.29 is 18.8 Å². The molecule has 3 amide bonds. The van der Waals surface area contributed by atoms with Gasteiger partial charge >= 0.3 is 0 Å². The first kappa shape index (κ1) is 34.3. The van der Waals surface area contributed by atoms with E-state index in [9.17, 15) is 29.4 Å². The van der Waals surface area contributed by atoms with E-state index in [2.05, 4.69) is 16.7 Å². The summed E-state index contributed by atoms with van der Waals surface area (Å²) in [6.07, 6.45) is 2.94. The molecular weight excluding hydrogens is 609 g/mol. The van der Waals surface area contributed by atoms with E-state index in [1.807, 2.05) is 24.3 Å². The maximum atomic E-state index is 13.9. The largest absolute Gasteiger partial charge is 0.345 e. The lowest BCUT2D eigenvalue weighted by Gasteiger charge is -2.38. The second-order valence-corrected chi connectivity index (χ2v) is 12.9. The van der Waals surface area contributed by atoms with E-state index >= 15 is 0 Å². The summed E-state index contributed by atoms with van der Waals surface area (Å²) >= 11 is 0. The van der Waals surface area contributed by atoms with Crippen molar-refractivity contribution in [1.82, 2.24) is 20.0 Å². The molecule has 1 aliphatic carbocycles. The average Bonchev–Trinajstić information content (AvgIpc) is 3.52. The highest BCUT2D eigenvalue weighted by Gasteiger charge is 2.44. The zero-order valence-electron chi connectivity index (χ0n) is 27.9. The van der Waals surface area contributed by atoms with Gasteiger partial charge in [0.25, 0.3) is 11.8 Å². The summed E-state index contributed by atoms with van der Waals surface area (Å²) in [5.41, 5.74) is 3.95. The summed E-state index contributed by atoms with van der Waals surface area (Å²) in [7, 11) is 6.81. The van der Waals surface area contributed by atoms with Crippen molar-refractivity contribution in [2.24, 2.45) is 0 Å². The molecule has 3 N–H and O–H groups in total. The van der Waals surface area contributed by atoms with E-state index in [4.69, 9.17) is 0 Å². The van der Waals surface area contributed by atoms with E-state index in [0.29, 0.717) is 55.6 Å². The summed E-state index contributed by atoms with van der Waals surface area (Å²) in [5.74, 6) is -0.682. The molecule has 3 aromatic carbocycles. The highest BCUT2D eigenvalue weighted by molar-refractivity contribution is 6.05. The second kappa shape index (κ2) is 14.4. The van der Waals surface area contributed by atoms with Crippen LogP contribution in [-0.4, -0.2) is 92.1 Å². The topological polar surface area (TPSA) is 133 Å². The Morgan fingerprint density at radius 2 is 1.50 bits per heavy atom. The van der Waals surface area contributed by atoms with Crippen molar-refractivity contribution in [3.63, 3.8) is 0 Å². The Kier molecular flexibility index (Phi) is 10.2. The molecule has 0 spiro atoms. The van der Waals surface area contributed by atoms with Crippen molar-refractivity contribution in [1.29, 1.82) is 10.7 Å². The molecule has 0 radical (unpaired) electrons. The van der Waals surface area contributed by atoms with Gasteiger partial charge in [0.15, 0.2) is 0 Å². The summed E-state index contributed by atoms with van der Waals surface area (Å²) in [6.45, 7) is 0.927. The molecule has 0 aromatic heterocycles. The van der Waals surface area contributed by atoms with Gasteiger partial charge in [0.05, 0.1) is 18.0 Å². The number of amidine groups is 1. The summed E-state index contributed by atoms with van der Waals surface area (Å²) in [5, 5.41) is 25.7. The molecule has 1 saturated heterocycles. The number of anilines is 1. The number of nitrogens with one attached hydrogen (secondary N) is 3. The Morgan fingerprint density at radius 1 is 0.938 bits per heavy atom. The second-order valence-electron chi connectivity index (χ2n) is 12.9. The van der Waals surface area contributed by atoms with E-state index in [1.54, 1.807) is 57.4 Å². The van der Waals surface area contributed by atoms with Gasteiger partial charge in [-0.25, -0.2) is 4.39 Å². The van der Waals surface area contributed by atoms with Crippen LogP contribution < -0.4 is 10.6 Å². The standard InChI is InChI=1S/C37H42FN7O3/c1-43(2)34(47)26-9-15-31-24(20-26)7-8-25-21-27(35(48)44(3)4)10-16-32(25)37(31,36(40)42-29-13-11-28(38)12-14-29)17-18-41-23-33(46)45-19-5-6-30(45)22-39/h9-16,20-21,30,41H,5-8,17-19,23H2,1-4H3,(H2,40,42)/t30-/m0/s1. The van der Waals surface area contributed by atoms with Gasteiger partial charge in [-0.15, -0.1) is 0 Å². The van der Waals surface area contributed by atoms with E-state index < -0.39 is 17.3 Å². The lowest BCUT2D eigenvalue weighted by Crippen LogP contribution is -2.46. The Hall–Kier alpha value is -5.08. The first-order valence-corrected chi connectivity index (χ1v) is 16.2. The maximum Gasteiger partial charge on any atom is 0.253 e. The van der Waals surface area contributed by atoms with Crippen LogP contribution in [0.25, 0.3) is 0 Å². The number of amides is 3. The van der Waals surface area contributed by atoms with Gasteiger partial charge in [-0.1, -0.05) is 12.1 Å². The lowest BCUT2D eigenvalue weighted by molar-refractivity contribution is -0.130. The molecule has 1 atom stereocenters. The van der Waals surface area contributed by atoms with Gasteiger partial charge in [-0.05, 0) is 109 Å². The summed E-state index contributed by atoms with van der Waals surface area (Å²) < 4.78 is 13.9. The predicted octanol–water partition coefficient (Wildman–Crippen LogP) is 4.20. The molecule has 0 saturated carbocycles. The number of nitrogens with zero attached hydrogens (tertiary/aromatic N) is 4. The smallest absolute Gasteiger partial charge is 0.253 e. The van der Waals surface area contributed by atoms with Crippen LogP contribution in [0.15, 0.2) is 60.7 Å². The Bertz CT molecular complexity index is 1690. The molecule has 1 fully saturated rings. The fraction of sp³-hybridized carbons (Fsp3) is 0.378. The van der Waals surface area contributed by atoms with Crippen molar-refractivity contribution in [3.05, 3.63) is 99.9 Å². The zero-order chi connectivity index (χ0) is 34.6. The van der Waals surface area contributed by atoms with Crippen LogP contribution in [-0.2, 0) is 23.1 Å². The van der Waals surface area contributed by atoms with Gasteiger partial charge in [0.2, 0.25) is 5.91 Å². The third kappa shape index (κ3) is 6.80. The number of aryl methyl sites for hydroxylation is 2. The summed E-state index contributed by atoms with van der Waals surface area (Å²) in [4.78, 5) is 43.8. The van der Waals surface area contributed by atoms with Crippen LogP contribution in [0.4, 0.5) is 10.1 Å². The predicted molar refractivity (Wildman–Crippen MR) is 183 cm³/mol. The molecule has 250 valence electrons. The third-order valence-corrected chi connectivity index (χ3v) is 9.32. The third-order valence-electron chi connectivity index (χ3n) is 9.32. The molecule has 3 aromatic rings. The number of nitriles is 1. The monoisotopic (exact) mass is 651 g/mol. The molecular formula is C37H42FN7O3. The van der Waals surface area contributed by atoms with Crippen molar-refractivity contribution in [2.75, 3.05) is 53.1 Å². The van der Waals surface area contributed by atoms with Crippen LogP contribution in [0.5, 0.6) is 0 Å². The molecule has 0 unspecified atom stereocenters. The fourth-order valence-electron chi connectivity index (χ4n) is 6.85. The van der Waals surface area contributed by atoms with Crippen LogP contribution in [0, 0.1) is 22.6 Å². The van der Waals surface area contributed by atoms with E-state index in [1.165, 1.54) is 21.9 Å². The highest BCUT2D eigenvalue weighted by Crippen LogP contribution is 2.44. The average molecular weight is 652 g/mol. The molecule has 5 rings (SSSR count). The van der Waals surface area contributed by atoms with Gasteiger partial charge in [-0.2, -0.15) is 5.26 Å². The first-order valence-electron chi connectivity index (χ1n) is 16.2. The fourth-order valence-corrected chi connectivity index (χ4v) is 6.85. The molecule has 0 bridgehead atoms. The maximum absolute atomic E-state index is 13.9. The lowest BCUT2D eigenvalue weighted by atomic mass is 9.68. The van der Waals surface area contributed by atoms with E-state index in [-0.39, 0.29) is 30.1 Å².